The first kappa shape index (κ1) is 27.8. The second-order valence-electron chi connectivity index (χ2n) is 8.19. The zero-order chi connectivity index (χ0) is 21.8. The molecule has 0 aliphatic rings. The topological polar surface area (TPSA) is 74.6 Å². The number of carbonyl (C=O) groups is 2. The summed E-state index contributed by atoms with van der Waals surface area (Å²) in [6, 6.07) is 0. The van der Waals surface area contributed by atoms with E-state index in [0.717, 1.165) is 19.3 Å². The van der Waals surface area contributed by atoms with Crippen molar-refractivity contribution in [3.63, 3.8) is 0 Å². The molecule has 0 saturated carbocycles. The number of aliphatic carboxylic acids is 2. The minimum Gasteiger partial charge on any atom is -0.481 e. The van der Waals surface area contributed by atoms with Gasteiger partial charge in [-0.05, 0) is 24.6 Å². The highest BCUT2D eigenvalue weighted by Crippen LogP contribution is 2.29. The van der Waals surface area contributed by atoms with Crippen LogP contribution in [-0.4, -0.2) is 27.5 Å². The predicted octanol–water partition coefficient (Wildman–Crippen LogP) is 7.35. The Hall–Kier alpha value is -1.23. The Kier molecular flexibility index (Phi) is 18.0. The van der Waals surface area contributed by atoms with Gasteiger partial charge in [-0.15, -0.1) is 0 Å². The molecule has 5 heteroatoms. The van der Waals surface area contributed by atoms with Crippen molar-refractivity contribution in [2.75, 3.05) is 0 Å². The molecule has 0 fully saturated rings. The van der Waals surface area contributed by atoms with Crippen LogP contribution in [0.2, 0.25) is 0 Å². The lowest BCUT2D eigenvalue weighted by atomic mass is 9.81. The van der Waals surface area contributed by atoms with Gasteiger partial charge in [0.25, 0.3) is 0 Å². The Morgan fingerprint density at radius 1 is 0.793 bits per heavy atom. The molecule has 0 saturated heterocycles. The van der Waals surface area contributed by atoms with Gasteiger partial charge in [0.2, 0.25) is 0 Å². The molecule has 1 unspecified atom stereocenters. The van der Waals surface area contributed by atoms with E-state index in [-0.39, 0.29) is 6.42 Å². The predicted molar refractivity (Wildman–Crippen MR) is 125 cm³/mol. The van der Waals surface area contributed by atoms with Crippen LogP contribution in [0.25, 0.3) is 0 Å². The van der Waals surface area contributed by atoms with Crippen LogP contribution in [0.4, 0.5) is 0 Å². The van der Waals surface area contributed by atoms with Crippen LogP contribution in [0.3, 0.4) is 0 Å². The number of carboxylic acids is 2. The van der Waals surface area contributed by atoms with Gasteiger partial charge in [0, 0.05) is 0 Å². The van der Waals surface area contributed by atoms with E-state index in [1.165, 1.54) is 88.5 Å². The quantitative estimate of drug-likeness (QED) is 0.114. The molecule has 0 bridgehead atoms. The minimum absolute atomic E-state index is 0.0548. The van der Waals surface area contributed by atoms with E-state index in [4.69, 9.17) is 17.3 Å². The van der Waals surface area contributed by atoms with E-state index in [1.807, 2.05) is 6.08 Å². The molecule has 0 aliphatic heterocycles. The minimum atomic E-state index is -1.41. The third kappa shape index (κ3) is 15.3. The number of rotatable bonds is 21. The molecule has 168 valence electrons. The molecule has 0 radical (unpaired) electrons. The SMILES string of the molecule is CCCCCCCCCCCCCCCCC=CC(CC=S)(CC(=O)O)C(=O)O. The first-order chi connectivity index (χ1) is 14.0. The van der Waals surface area contributed by atoms with Gasteiger partial charge in [-0.2, -0.15) is 0 Å². The average Bonchev–Trinajstić information content (AvgIpc) is 2.67. The molecule has 0 spiro atoms. The van der Waals surface area contributed by atoms with Gasteiger partial charge in [-0.1, -0.05) is 115 Å². The Morgan fingerprint density at radius 2 is 1.24 bits per heavy atom. The highest BCUT2D eigenvalue weighted by atomic mass is 32.1. The molecular formula is C24H42O4S. The number of unbranched alkanes of at least 4 members (excludes halogenated alkanes) is 14. The van der Waals surface area contributed by atoms with Crippen LogP contribution in [0.5, 0.6) is 0 Å². The van der Waals surface area contributed by atoms with E-state index in [9.17, 15) is 14.7 Å². The van der Waals surface area contributed by atoms with E-state index in [2.05, 4.69) is 6.92 Å². The molecule has 2 N–H and O–H groups in total. The summed E-state index contributed by atoms with van der Waals surface area (Å²) in [5.74, 6) is -2.25. The van der Waals surface area contributed by atoms with Gasteiger partial charge >= 0.3 is 11.9 Å². The fourth-order valence-electron chi connectivity index (χ4n) is 3.62. The Morgan fingerprint density at radius 3 is 1.62 bits per heavy atom. The average molecular weight is 427 g/mol. The Balaban J connectivity index is 3.75. The number of hydrogen-bond donors (Lipinski definition) is 2. The first-order valence-electron chi connectivity index (χ1n) is 11.5. The highest BCUT2D eigenvalue weighted by molar-refractivity contribution is 7.78. The van der Waals surface area contributed by atoms with Crippen molar-refractivity contribution < 1.29 is 19.8 Å². The second kappa shape index (κ2) is 18.8. The molecule has 0 aromatic heterocycles. The van der Waals surface area contributed by atoms with Crippen molar-refractivity contribution in [2.24, 2.45) is 5.41 Å². The van der Waals surface area contributed by atoms with Crippen LogP contribution >= 0.6 is 12.2 Å². The van der Waals surface area contributed by atoms with Crippen LogP contribution in [0.15, 0.2) is 12.2 Å². The van der Waals surface area contributed by atoms with Gasteiger partial charge in [-0.3, -0.25) is 9.59 Å². The lowest BCUT2D eigenvalue weighted by molar-refractivity contribution is -0.152. The molecular weight excluding hydrogens is 384 g/mol. The van der Waals surface area contributed by atoms with Crippen molar-refractivity contribution >= 4 is 29.5 Å². The van der Waals surface area contributed by atoms with Crippen LogP contribution in [-0.2, 0) is 9.59 Å². The van der Waals surface area contributed by atoms with E-state index in [1.54, 1.807) is 0 Å². The maximum Gasteiger partial charge on any atom is 0.314 e. The first-order valence-corrected chi connectivity index (χ1v) is 12.0. The molecule has 0 aromatic carbocycles. The fraction of sp³-hybridized carbons (Fsp3) is 0.792. The summed E-state index contributed by atoms with van der Waals surface area (Å²) in [7, 11) is 0. The van der Waals surface area contributed by atoms with Crippen LogP contribution < -0.4 is 0 Å². The maximum absolute atomic E-state index is 11.6. The summed E-state index contributed by atoms with van der Waals surface area (Å²) in [5.41, 5.74) is -1.41. The lowest BCUT2D eigenvalue weighted by Gasteiger charge is -2.22. The maximum atomic E-state index is 11.6. The molecule has 1 atom stereocenters. The van der Waals surface area contributed by atoms with Crippen molar-refractivity contribution in [3.8, 4) is 0 Å². The third-order valence-electron chi connectivity index (χ3n) is 5.50. The Bertz CT molecular complexity index is 476. The summed E-state index contributed by atoms with van der Waals surface area (Å²) in [4.78, 5) is 22.6. The van der Waals surface area contributed by atoms with Gasteiger partial charge < -0.3 is 10.2 Å². The zero-order valence-electron chi connectivity index (χ0n) is 18.4. The molecule has 0 aliphatic carbocycles. The lowest BCUT2D eigenvalue weighted by Crippen LogP contribution is -2.32. The smallest absolute Gasteiger partial charge is 0.314 e. The van der Waals surface area contributed by atoms with Gasteiger partial charge in [-0.25, -0.2) is 0 Å². The summed E-state index contributed by atoms with van der Waals surface area (Å²) in [6.07, 6.45) is 22.0. The van der Waals surface area contributed by atoms with E-state index >= 15 is 0 Å². The monoisotopic (exact) mass is 426 g/mol. The normalized spacial score (nSPS) is 13.4. The molecule has 0 aromatic rings. The van der Waals surface area contributed by atoms with Crippen LogP contribution in [0, 0.1) is 5.41 Å². The summed E-state index contributed by atoms with van der Waals surface area (Å²) < 4.78 is 0. The summed E-state index contributed by atoms with van der Waals surface area (Å²) >= 11 is 4.77. The standard InChI is InChI=1S/C24H42O4S/c1-2-3-4-5-6-7-8-9-10-11-12-13-14-15-16-17-18-24(19-20-29,23(27)28)21-22(25)26/h17-18,20H,2-16,19,21H2,1H3,(H,25,26)(H,27,28). The van der Waals surface area contributed by atoms with Crippen molar-refractivity contribution in [1.82, 2.24) is 0 Å². The van der Waals surface area contributed by atoms with Crippen molar-refractivity contribution in [1.29, 1.82) is 0 Å². The fourth-order valence-corrected chi connectivity index (χ4v) is 3.91. The molecule has 29 heavy (non-hydrogen) atoms. The Labute approximate surface area is 183 Å². The van der Waals surface area contributed by atoms with Crippen LogP contribution in [0.1, 0.15) is 116 Å². The molecule has 0 amide bonds. The zero-order valence-corrected chi connectivity index (χ0v) is 19.2. The summed E-state index contributed by atoms with van der Waals surface area (Å²) in [6.45, 7) is 2.26. The second-order valence-corrected chi connectivity index (χ2v) is 8.52. The molecule has 4 nitrogen and oxygen atoms in total. The van der Waals surface area contributed by atoms with Gasteiger partial charge in [0.05, 0.1) is 6.42 Å². The summed E-state index contributed by atoms with van der Waals surface area (Å²) in [5, 5.41) is 19.8. The number of carboxylic acid groups (broad SMARTS) is 2. The third-order valence-corrected chi connectivity index (χ3v) is 5.67. The number of thiocarbonyl (C=S) groups is 1. The molecule has 0 heterocycles. The number of hydrogen-bond acceptors (Lipinski definition) is 3. The highest BCUT2D eigenvalue weighted by Gasteiger charge is 2.37. The van der Waals surface area contributed by atoms with E-state index in [0.29, 0.717) is 0 Å². The van der Waals surface area contributed by atoms with Gasteiger partial charge in [0.1, 0.15) is 5.41 Å². The van der Waals surface area contributed by atoms with Crippen molar-refractivity contribution in [3.05, 3.63) is 12.2 Å². The number of allylic oxidation sites excluding steroid dienone is 1. The van der Waals surface area contributed by atoms with Crippen molar-refractivity contribution in [2.45, 2.75) is 116 Å². The molecule has 0 rings (SSSR count). The van der Waals surface area contributed by atoms with E-state index < -0.39 is 23.8 Å². The largest absolute Gasteiger partial charge is 0.481 e. The van der Waals surface area contributed by atoms with Gasteiger partial charge in [0.15, 0.2) is 0 Å².